The van der Waals surface area contributed by atoms with Gasteiger partial charge in [-0.25, -0.2) is 0 Å². The highest BCUT2D eigenvalue weighted by molar-refractivity contribution is 4.56. The second kappa shape index (κ2) is 21.2. The summed E-state index contributed by atoms with van der Waals surface area (Å²) in [6.07, 6.45) is 24.6. The van der Waals surface area contributed by atoms with Crippen LogP contribution in [0.5, 0.6) is 0 Å². The maximum atomic E-state index is 10.3. The summed E-state index contributed by atoms with van der Waals surface area (Å²) in [4.78, 5) is 0. The lowest BCUT2D eigenvalue weighted by Crippen LogP contribution is -2.53. The molecule has 29 heavy (non-hydrogen) atoms. The molecule has 0 rings (SSSR count). The van der Waals surface area contributed by atoms with Gasteiger partial charge in [0.25, 0.3) is 0 Å². The maximum Gasteiger partial charge on any atom is 0.105 e. The molecular formula is C27H58NO+. The summed E-state index contributed by atoms with van der Waals surface area (Å²) < 4.78 is 1.19. The molecule has 2 nitrogen and oxygen atoms in total. The lowest BCUT2D eigenvalue weighted by Gasteiger charge is -2.40. The van der Waals surface area contributed by atoms with Crippen LogP contribution in [-0.2, 0) is 0 Å². The van der Waals surface area contributed by atoms with Gasteiger partial charge >= 0.3 is 0 Å². The van der Waals surface area contributed by atoms with Crippen LogP contribution >= 0.6 is 0 Å². The van der Waals surface area contributed by atoms with E-state index in [-0.39, 0.29) is 6.10 Å². The normalized spacial score (nSPS) is 13.1. The maximum absolute atomic E-state index is 10.3. The first-order valence-corrected chi connectivity index (χ1v) is 13.6. The highest BCUT2D eigenvalue weighted by atomic mass is 16.3. The van der Waals surface area contributed by atoms with Crippen LogP contribution in [0.4, 0.5) is 0 Å². The number of hydrogen-bond donors (Lipinski definition) is 1. The molecule has 0 aromatic rings. The van der Waals surface area contributed by atoms with Gasteiger partial charge in [0.05, 0.1) is 19.6 Å². The average molecular weight is 413 g/mol. The molecule has 0 saturated carbocycles. The van der Waals surface area contributed by atoms with Crippen molar-refractivity contribution in [2.24, 2.45) is 0 Å². The zero-order chi connectivity index (χ0) is 21.6. The molecule has 2 heteroatoms. The lowest BCUT2D eigenvalue weighted by atomic mass is 10.1. The molecule has 0 fully saturated rings. The van der Waals surface area contributed by atoms with Crippen molar-refractivity contribution in [1.29, 1.82) is 0 Å². The van der Waals surface area contributed by atoms with Gasteiger partial charge < -0.3 is 9.59 Å². The third-order valence-electron chi connectivity index (χ3n) is 6.61. The highest BCUT2D eigenvalue weighted by Gasteiger charge is 2.27. The second-order valence-electron chi connectivity index (χ2n) is 9.85. The Morgan fingerprint density at radius 2 is 0.759 bits per heavy atom. The fourth-order valence-corrected chi connectivity index (χ4v) is 4.85. The number of rotatable bonds is 23. The Balaban J connectivity index is 4.57. The van der Waals surface area contributed by atoms with Gasteiger partial charge in [-0.05, 0) is 45.4 Å². The summed E-state index contributed by atoms with van der Waals surface area (Å²) >= 11 is 0. The topological polar surface area (TPSA) is 20.2 Å². The van der Waals surface area contributed by atoms with Crippen molar-refractivity contribution >= 4 is 0 Å². The van der Waals surface area contributed by atoms with Crippen LogP contribution in [0, 0.1) is 0 Å². The molecule has 0 aliphatic carbocycles. The first kappa shape index (κ1) is 28.9. The van der Waals surface area contributed by atoms with Crippen LogP contribution in [0.1, 0.15) is 143 Å². The summed E-state index contributed by atoms with van der Waals surface area (Å²) in [5.41, 5.74) is 0. The summed E-state index contributed by atoms with van der Waals surface area (Å²) in [6, 6.07) is 0. The van der Waals surface area contributed by atoms with Crippen molar-refractivity contribution in [3.63, 3.8) is 0 Å². The molecule has 0 aromatic carbocycles. The van der Waals surface area contributed by atoms with E-state index in [2.05, 4.69) is 20.8 Å². The van der Waals surface area contributed by atoms with E-state index in [4.69, 9.17) is 0 Å². The van der Waals surface area contributed by atoms with Crippen molar-refractivity contribution in [2.45, 2.75) is 149 Å². The van der Waals surface area contributed by atoms with Crippen LogP contribution in [0.2, 0.25) is 0 Å². The first-order chi connectivity index (χ1) is 14.1. The number of nitrogens with zero attached hydrogens (tertiary/aromatic N) is 1. The van der Waals surface area contributed by atoms with E-state index in [1.54, 1.807) is 0 Å². The summed E-state index contributed by atoms with van der Waals surface area (Å²) in [5, 5.41) is 10.3. The molecule has 0 heterocycles. The van der Waals surface area contributed by atoms with Gasteiger partial charge in [-0.1, -0.05) is 97.8 Å². The average Bonchev–Trinajstić information content (AvgIpc) is 2.69. The van der Waals surface area contributed by atoms with Crippen molar-refractivity contribution < 1.29 is 9.59 Å². The fraction of sp³-hybridized carbons (Fsp3) is 1.00. The van der Waals surface area contributed by atoms with Crippen molar-refractivity contribution in [2.75, 3.05) is 26.2 Å². The van der Waals surface area contributed by atoms with E-state index in [0.29, 0.717) is 0 Å². The van der Waals surface area contributed by atoms with Gasteiger partial charge in [-0.2, -0.15) is 0 Å². The molecule has 0 radical (unpaired) electrons. The predicted molar refractivity (Wildman–Crippen MR) is 132 cm³/mol. The number of unbranched alkanes of at least 4 members (excludes halogenated alkanes) is 15. The Labute approximate surface area is 185 Å². The lowest BCUT2D eigenvalue weighted by molar-refractivity contribution is -0.931. The van der Waals surface area contributed by atoms with Gasteiger partial charge in [0, 0.05) is 0 Å². The molecule has 0 bridgehead atoms. The zero-order valence-electron chi connectivity index (χ0n) is 21.0. The van der Waals surface area contributed by atoms with Gasteiger partial charge in [-0.3, -0.25) is 0 Å². The molecule has 1 N–H and O–H groups in total. The van der Waals surface area contributed by atoms with Crippen molar-refractivity contribution in [3.8, 4) is 0 Å². The largest absolute Gasteiger partial charge is 0.388 e. The molecule has 0 saturated heterocycles. The predicted octanol–water partition coefficient (Wildman–Crippen LogP) is 8.27. The minimum Gasteiger partial charge on any atom is -0.388 e. The third-order valence-corrected chi connectivity index (χ3v) is 6.61. The molecule has 176 valence electrons. The molecular weight excluding hydrogens is 354 g/mol. The van der Waals surface area contributed by atoms with Crippen molar-refractivity contribution in [1.82, 2.24) is 0 Å². The Bertz CT molecular complexity index is 275. The molecule has 1 atom stereocenters. The van der Waals surface area contributed by atoms with E-state index in [0.717, 1.165) is 6.54 Å². The van der Waals surface area contributed by atoms with Crippen LogP contribution in [-0.4, -0.2) is 41.9 Å². The van der Waals surface area contributed by atoms with Gasteiger partial charge in [0.15, 0.2) is 0 Å². The van der Waals surface area contributed by atoms with Crippen LogP contribution in [0.3, 0.4) is 0 Å². The summed E-state index contributed by atoms with van der Waals surface area (Å²) in [5.74, 6) is 0. The van der Waals surface area contributed by atoms with E-state index < -0.39 is 0 Å². The molecule has 0 aromatic heterocycles. The van der Waals surface area contributed by atoms with Crippen LogP contribution < -0.4 is 0 Å². The standard InChI is InChI=1S/C27H58NO/c1-5-8-11-14-17-20-23-28(26-27(4)29,24-21-18-15-12-9-6-2)25-22-19-16-13-10-7-3/h27,29H,5-26H2,1-4H3/q+1. The van der Waals surface area contributed by atoms with Crippen LogP contribution in [0.15, 0.2) is 0 Å². The van der Waals surface area contributed by atoms with Crippen molar-refractivity contribution in [3.05, 3.63) is 0 Å². The summed E-state index contributed by atoms with van der Waals surface area (Å²) in [6.45, 7) is 13.8. The monoisotopic (exact) mass is 412 g/mol. The van der Waals surface area contributed by atoms with E-state index >= 15 is 0 Å². The molecule has 0 aliphatic rings. The van der Waals surface area contributed by atoms with Gasteiger partial charge in [-0.15, -0.1) is 0 Å². The van der Waals surface area contributed by atoms with Gasteiger partial charge in [0.2, 0.25) is 0 Å². The SMILES string of the molecule is CCCCCCCC[N+](CCCCCCCC)(CCCCCCCC)CC(C)O. The first-order valence-electron chi connectivity index (χ1n) is 13.6. The highest BCUT2D eigenvalue weighted by Crippen LogP contribution is 2.19. The molecule has 0 spiro atoms. The molecule has 0 aliphatic heterocycles. The number of aliphatic hydroxyl groups is 1. The Morgan fingerprint density at radius 3 is 1.03 bits per heavy atom. The number of quaternary nitrogens is 1. The summed E-state index contributed by atoms with van der Waals surface area (Å²) in [7, 11) is 0. The minimum absolute atomic E-state index is 0.171. The minimum atomic E-state index is -0.171. The second-order valence-corrected chi connectivity index (χ2v) is 9.85. The molecule has 1 unspecified atom stereocenters. The Kier molecular flexibility index (Phi) is 21.1. The third kappa shape index (κ3) is 18.4. The smallest absolute Gasteiger partial charge is 0.105 e. The quantitative estimate of drug-likeness (QED) is 0.132. The fourth-order valence-electron chi connectivity index (χ4n) is 4.85. The van der Waals surface area contributed by atoms with Crippen LogP contribution in [0.25, 0.3) is 0 Å². The Hall–Kier alpha value is -0.0800. The zero-order valence-corrected chi connectivity index (χ0v) is 21.0. The number of aliphatic hydroxyl groups excluding tert-OH is 1. The van der Waals surface area contributed by atoms with E-state index in [9.17, 15) is 5.11 Å². The van der Waals surface area contributed by atoms with E-state index in [1.807, 2.05) is 6.92 Å². The number of hydrogen-bond acceptors (Lipinski definition) is 1. The van der Waals surface area contributed by atoms with E-state index in [1.165, 1.54) is 140 Å². The molecule has 0 amide bonds. The Morgan fingerprint density at radius 1 is 0.483 bits per heavy atom. The van der Waals surface area contributed by atoms with Gasteiger partial charge in [0.1, 0.15) is 12.6 Å².